The van der Waals surface area contributed by atoms with Crippen LogP contribution in [-0.2, 0) is 14.3 Å². The summed E-state index contributed by atoms with van der Waals surface area (Å²) >= 11 is 0. The molecule has 1 amide bonds. The zero-order valence-corrected chi connectivity index (χ0v) is 11.1. The largest absolute Gasteiger partial charge is 0.481 e. The van der Waals surface area contributed by atoms with E-state index in [1.54, 1.807) is 4.90 Å². The van der Waals surface area contributed by atoms with E-state index in [1.165, 1.54) is 0 Å². The molecule has 2 saturated heterocycles. The second kappa shape index (κ2) is 4.88. The molecule has 0 aromatic rings. The van der Waals surface area contributed by atoms with Crippen molar-refractivity contribution in [3.8, 4) is 0 Å². The second-order valence-electron chi connectivity index (χ2n) is 5.75. The molecule has 5 atom stereocenters. The third kappa shape index (κ3) is 2.36. The van der Waals surface area contributed by atoms with Gasteiger partial charge in [0.15, 0.2) is 0 Å². The van der Waals surface area contributed by atoms with E-state index in [0.29, 0.717) is 13.1 Å². The molecule has 0 radical (unpaired) electrons. The Morgan fingerprint density at radius 3 is 2.28 bits per heavy atom. The molecule has 2 heterocycles. The van der Waals surface area contributed by atoms with Gasteiger partial charge in [-0.2, -0.15) is 0 Å². The first-order chi connectivity index (χ1) is 8.40. The molecule has 0 aromatic heterocycles. The summed E-state index contributed by atoms with van der Waals surface area (Å²) < 4.78 is 5.64. The van der Waals surface area contributed by atoms with Gasteiger partial charge in [-0.1, -0.05) is 13.8 Å². The maximum absolute atomic E-state index is 12.3. The lowest BCUT2D eigenvalue weighted by Gasteiger charge is -2.22. The van der Waals surface area contributed by atoms with Gasteiger partial charge in [-0.3, -0.25) is 9.59 Å². The highest BCUT2D eigenvalue weighted by Gasteiger charge is 2.43. The van der Waals surface area contributed by atoms with Crippen molar-refractivity contribution in [3.05, 3.63) is 0 Å². The van der Waals surface area contributed by atoms with Gasteiger partial charge in [0, 0.05) is 13.1 Å². The zero-order valence-electron chi connectivity index (χ0n) is 11.1. The van der Waals surface area contributed by atoms with Gasteiger partial charge in [0.05, 0.1) is 12.0 Å². The summed E-state index contributed by atoms with van der Waals surface area (Å²) in [6.45, 7) is 6.71. The molecule has 102 valence electrons. The van der Waals surface area contributed by atoms with Crippen LogP contribution in [-0.4, -0.2) is 47.2 Å². The van der Waals surface area contributed by atoms with Crippen LogP contribution >= 0.6 is 0 Å². The van der Waals surface area contributed by atoms with E-state index < -0.39 is 11.9 Å². The first-order valence-corrected chi connectivity index (χ1v) is 6.57. The Labute approximate surface area is 107 Å². The van der Waals surface area contributed by atoms with Crippen LogP contribution in [0.15, 0.2) is 0 Å². The van der Waals surface area contributed by atoms with Crippen LogP contribution in [0.25, 0.3) is 0 Å². The number of carboxylic acid groups (broad SMARTS) is 1. The first-order valence-electron chi connectivity index (χ1n) is 6.57. The standard InChI is InChI=1S/C13H21NO4/c1-7-4-9(3)18-11(7)12(15)14-5-8(2)10(6-14)13(16)17/h7-11H,4-6H2,1-3H3,(H,16,17)/t7?,8-,9?,10-,11?/m1/s1. The van der Waals surface area contributed by atoms with E-state index in [4.69, 9.17) is 9.84 Å². The fourth-order valence-corrected chi connectivity index (χ4v) is 3.04. The topological polar surface area (TPSA) is 66.8 Å². The lowest BCUT2D eigenvalue weighted by molar-refractivity contribution is -0.144. The minimum Gasteiger partial charge on any atom is -0.481 e. The van der Waals surface area contributed by atoms with Crippen molar-refractivity contribution < 1.29 is 19.4 Å². The maximum Gasteiger partial charge on any atom is 0.308 e. The fraction of sp³-hybridized carbons (Fsp3) is 0.846. The van der Waals surface area contributed by atoms with Crippen molar-refractivity contribution in [1.29, 1.82) is 0 Å². The summed E-state index contributed by atoms with van der Waals surface area (Å²) in [4.78, 5) is 25.0. The monoisotopic (exact) mass is 255 g/mol. The van der Waals surface area contributed by atoms with Crippen molar-refractivity contribution in [2.45, 2.75) is 39.4 Å². The zero-order chi connectivity index (χ0) is 13.4. The average molecular weight is 255 g/mol. The van der Waals surface area contributed by atoms with E-state index in [9.17, 15) is 9.59 Å². The number of rotatable bonds is 2. The fourth-order valence-electron chi connectivity index (χ4n) is 3.04. The van der Waals surface area contributed by atoms with Crippen LogP contribution < -0.4 is 0 Å². The van der Waals surface area contributed by atoms with Gasteiger partial charge in [-0.15, -0.1) is 0 Å². The van der Waals surface area contributed by atoms with Crippen LogP contribution in [0.3, 0.4) is 0 Å². The summed E-state index contributed by atoms with van der Waals surface area (Å²) in [5, 5.41) is 9.07. The molecule has 0 saturated carbocycles. The van der Waals surface area contributed by atoms with Crippen LogP contribution in [0.2, 0.25) is 0 Å². The van der Waals surface area contributed by atoms with Crippen LogP contribution in [0.5, 0.6) is 0 Å². The Kier molecular flexibility index (Phi) is 3.61. The lowest BCUT2D eigenvalue weighted by atomic mass is 9.99. The minimum absolute atomic E-state index is 0.0144. The molecular formula is C13H21NO4. The highest BCUT2D eigenvalue weighted by Crippen LogP contribution is 2.30. The maximum atomic E-state index is 12.3. The summed E-state index contributed by atoms with van der Waals surface area (Å²) in [5.41, 5.74) is 0. The normalized spacial score (nSPS) is 40.2. The number of nitrogens with zero attached hydrogens (tertiary/aromatic N) is 1. The number of ether oxygens (including phenoxy) is 1. The van der Waals surface area contributed by atoms with Gasteiger partial charge in [-0.05, 0) is 25.2 Å². The Morgan fingerprint density at radius 1 is 1.17 bits per heavy atom. The summed E-state index contributed by atoms with van der Waals surface area (Å²) in [7, 11) is 0. The van der Waals surface area contributed by atoms with Crippen molar-refractivity contribution in [2.75, 3.05) is 13.1 Å². The molecule has 5 nitrogen and oxygen atoms in total. The predicted molar refractivity (Wildman–Crippen MR) is 65.0 cm³/mol. The van der Waals surface area contributed by atoms with Gasteiger partial charge in [0.1, 0.15) is 6.10 Å². The molecule has 2 aliphatic heterocycles. The van der Waals surface area contributed by atoms with Crippen molar-refractivity contribution >= 4 is 11.9 Å². The molecule has 2 aliphatic rings. The van der Waals surface area contributed by atoms with Crippen LogP contribution in [0.4, 0.5) is 0 Å². The second-order valence-corrected chi connectivity index (χ2v) is 5.75. The molecular weight excluding hydrogens is 234 g/mol. The van der Waals surface area contributed by atoms with Crippen molar-refractivity contribution in [3.63, 3.8) is 0 Å². The van der Waals surface area contributed by atoms with E-state index >= 15 is 0 Å². The summed E-state index contributed by atoms with van der Waals surface area (Å²) in [5.74, 6) is -1.07. The number of amides is 1. The smallest absolute Gasteiger partial charge is 0.308 e. The Balaban J connectivity index is 2.01. The van der Waals surface area contributed by atoms with E-state index in [1.807, 2.05) is 20.8 Å². The van der Waals surface area contributed by atoms with Gasteiger partial charge < -0.3 is 14.7 Å². The molecule has 0 spiro atoms. The number of hydrogen-bond acceptors (Lipinski definition) is 3. The van der Waals surface area contributed by atoms with Gasteiger partial charge in [0.2, 0.25) is 0 Å². The number of carbonyl (C=O) groups is 2. The Hall–Kier alpha value is -1.10. The van der Waals surface area contributed by atoms with E-state index in [-0.39, 0.29) is 30.0 Å². The van der Waals surface area contributed by atoms with E-state index in [0.717, 1.165) is 6.42 Å². The van der Waals surface area contributed by atoms with Crippen LogP contribution in [0, 0.1) is 17.8 Å². The highest BCUT2D eigenvalue weighted by atomic mass is 16.5. The number of carbonyl (C=O) groups excluding carboxylic acids is 1. The van der Waals surface area contributed by atoms with Crippen molar-refractivity contribution in [1.82, 2.24) is 4.90 Å². The van der Waals surface area contributed by atoms with Crippen LogP contribution in [0.1, 0.15) is 27.2 Å². The molecule has 3 unspecified atom stereocenters. The van der Waals surface area contributed by atoms with Crippen molar-refractivity contribution in [2.24, 2.45) is 17.8 Å². The molecule has 2 rings (SSSR count). The Morgan fingerprint density at radius 2 is 1.83 bits per heavy atom. The SMILES string of the molecule is CC1CC(C)C(C(=O)N2C[C@@H](C)[C@H](C(=O)O)C2)O1. The first kappa shape index (κ1) is 13.3. The third-order valence-corrected chi connectivity index (χ3v) is 4.08. The summed E-state index contributed by atoms with van der Waals surface area (Å²) in [6, 6.07) is 0. The molecule has 0 bridgehead atoms. The third-order valence-electron chi connectivity index (χ3n) is 4.08. The molecule has 5 heteroatoms. The molecule has 2 fully saturated rings. The molecule has 0 aliphatic carbocycles. The minimum atomic E-state index is -0.813. The van der Waals surface area contributed by atoms with E-state index in [2.05, 4.69) is 0 Å². The number of carboxylic acids is 1. The average Bonchev–Trinajstić information content (AvgIpc) is 2.81. The van der Waals surface area contributed by atoms with Gasteiger partial charge in [0.25, 0.3) is 5.91 Å². The lowest BCUT2D eigenvalue weighted by Crippen LogP contribution is -2.40. The number of hydrogen-bond donors (Lipinski definition) is 1. The predicted octanol–water partition coefficient (Wildman–Crippen LogP) is 0.979. The highest BCUT2D eigenvalue weighted by molar-refractivity contribution is 5.83. The quantitative estimate of drug-likeness (QED) is 0.798. The molecule has 1 N–H and O–H groups in total. The van der Waals surface area contributed by atoms with Gasteiger partial charge >= 0.3 is 5.97 Å². The summed E-state index contributed by atoms with van der Waals surface area (Å²) in [6.07, 6.45) is 0.617. The number of likely N-dealkylation sites (tertiary alicyclic amines) is 1. The number of aliphatic carboxylic acids is 1. The molecule has 0 aromatic carbocycles. The van der Waals surface area contributed by atoms with Gasteiger partial charge in [-0.25, -0.2) is 0 Å². The Bertz CT molecular complexity index is 357. The molecule has 18 heavy (non-hydrogen) atoms.